The van der Waals surface area contributed by atoms with Crippen LogP contribution < -0.4 is 4.90 Å². The Labute approximate surface area is 145 Å². The second kappa shape index (κ2) is 7.30. The van der Waals surface area contributed by atoms with Crippen molar-refractivity contribution in [3.05, 3.63) is 18.1 Å². The zero-order chi connectivity index (χ0) is 17.9. The van der Waals surface area contributed by atoms with E-state index in [2.05, 4.69) is 9.97 Å². The molecule has 3 rings (SSSR count). The van der Waals surface area contributed by atoms with Crippen molar-refractivity contribution in [3.8, 4) is 6.07 Å². The summed E-state index contributed by atoms with van der Waals surface area (Å²) in [5, 5.41) is 9.12. The SMILES string of the molecule is N#Cc1nccnc1N1CCC(CC(=O)N2CCC(F)(F)CC2)CC1. The Hall–Kier alpha value is -2.30. The van der Waals surface area contributed by atoms with Crippen LogP contribution in [0, 0.1) is 17.2 Å². The number of hydrogen-bond acceptors (Lipinski definition) is 5. The number of hydrogen-bond donors (Lipinski definition) is 0. The molecule has 0 spiro atoms. The Bertz CT molecular complexity index is 657. The van der Waals surface area contributed by atoms with E-state index >= 15 is 0 Å². The van der Waals surface area contributed by atoms with Gasteiger partial charge in [0.05, 0.1) is 0 Å². The molecule has 8 heteroatoms. The van der Waals surface area contributed by atoms with Crippen LogP contribution in [0.1, 0.15) is 37.8 Å². The minimum atomic E-state index is -2.63. The molecule has 1 aromatic heterocycles. The minimum absolute atomic E-state index is 0.0221. The number of rotatable bonds is 3. The van der Waals surface area contributed by atoms with E-state index in [1.807, 2.05) is 11.0 Å². The van der Waals surface area contributed by atoms with Crippen molar-refractivity contribution in [2.24, 2.45) is 5.92 Å². The van der Waals surface area contributed by atoms with Gasteiger partial charge in [-0.1, -0.05) is 0 Å². The zero-order valence-corrected chi connectivity index (χ0v) is 14.0. The van der Waals surface area contributed by atoms with Crippen LogP contribution in [0.4, 0.5) is 14.6 Å². The topological polar surface area (TPSA) is 73.1 Å². The van der Waals surface area contributed by atoms with Gasteiger partial charge in [0.1, 0.15) is 6.07 Å². The number of carbonyl (C=O) groups is 1. The van der Waals surface area contributed by atoms with Gasteiger partial charge >= 0.3 is 0 Å². The Balaban J connectivity index is 1.50. The van der Waals surface area contributed by atoms with E-state index < -0.39 is 5.92 Å². The first-order valence-corrected chi connectivity index (χ1v) is 8.60. The van der Waals surface area contributed by atoms with Crippen LogP contribution in [-0.2, 0) is 4.79 Å². The van der Waals surface area contributed by atoms with Crippen molar-refractivity contribution in [2.75, 3.05) is 31.1 Å². The molecule has 1 aromatic rings. The number of piperidine rings is 2. The van der Waals surface area contributed by atoms with Crippen LogP contribution >= 0.6 is 0 Å². The smallest absolute Gasteiger partial charge is 0.251 e. The van der Waals surface area contributed by atoms with Gasteiger partial charge in [-0.25, -0.2) is 18.7 Å². The molecule has 2 aliphatic heterocycles. The van der Waals surface area contributed by atoms with Crippen molar-refractivity contribution in [2.45, 2.75) is 38.0 Å². The lowest BCUT2D eigenvalue weighted by Crippen LogP contribution is -2.44. The van der Waals surface area contributed by atoms with Gasteiger partial charge < -0.3 is 9.80 Å². The molecular weight excluding hydrogens is 328 g/mol. The monoisotopic (exact) mass is 349 g/mol. The van der Waals surface area contributed by atoms with Crippen LogP contribution in [-0.4, -0.2) is 52.9 Å². The fraction of sp³-hybridized carbons (Fsp3) is 0.647. The lowest BCUT2D eigenvalue weighted by atomic mass is 9.92. The van der Waals surface area contributed by atoms with Crippen LogP contribution in [0.25, 0.3) is 0 Å². The predicted molar refractivity (Wildman–Crippen MR) is 87.1 cm³/mol. The van der Waals surface area contributed by atoms with E-state index in [0.29, 0.717) is 31.0 Å². The Morgan fingerprint density at radius 1 is 1.20 bits per heavy atom. The van der Waals surface area contributed by atoms with Crippen molar-refractivity contribution < 1.29 is 13.6 Å². The summed E-state index contributed by atoms with van der Waals surface area (Å²) in [4.78, 5) is 24.2. The maximum atomic E-state index is 13.2. The largest absolute Gasteiger partial charge is 0.354 e. The van der Waals surface area contributed by atoms with Crippen LogP contribution in [0.2, 0.25) is 0 Å². The lowest BCUT2D eigenvalue weighted by Gasteiger charge is -2.35. The molecule has 0 bridgehead atoms. The van der Waals surface area contributed by atoms with Gasteiger partial charge in [0.15, 0.2) is 11.5 Å². The van der Waals surface area contributed by atoms with E-state index in [9.17, 15) is 13.6 Å². The highest BCUT2D eigenvalue weighted by atomic mass is 19.3. The summed E-state index contributed by atoms with van der Waals surface area (Å²) in [6.07, 6.45) is 4.63. The Morgan fingerprint density at radius 2 is 1.84 bits per heavy atom. The van der Waals surface area contributed by atoms with Crippen LogP contribution in [0.5, 0.6) is 0 Å². The molecule has 0 aromatic carbocycles. The summed E-state index contributed by atoms with van der Waals surface area (Å²) in [6.45, 7) is 1.72. The highest BCUT2D eigenvalue weighted by Gasteiger charge is 2.36. The average Bonchev–Trinajstić information content (AvgIpc) is 2.62. The van der Waals surface area contributed by atoms with Gasteiger partial charge in [-0.15, -0.1) is 0 Å². The fourth-order valence-electron chi connectivity index (χ4n) is 3.45. The maximum absolute atomic E-state index is 13.2. The maximum Gasteiger partial charge on any atom is 0.251 e. The highest BCUT2D eigenvalue weighted by Crippen LogP contribution is 2.30. The molecule has 6 nitrogen and oxygen atoms in total. The summed E-state index contributed by atoms with van der Waals surface area (Å²) in [5.41, 5.74) is 0.311. The molecule has 2 aliphatic rings. The van der Waals surface area contributed by atoms with E-state index in [4.69, 9.17) is 5.26 Å². The first kappa shape index (κ1) is 17.5. The summed E-state index contributed by atoms with van der Waals surface area (Å²) < 4.78 is 26.4. The number of aromatic nitrogens is 2. The molecule has 0 aliphatic carbocycles. The average molecular weight is 349 g/mol. The van der Waals surface area contributed by atoms with Gasteiger partial charge in [0.2, 0.25) is 5.91 Å². The molecule has 3 heterocycles. The van der Waals surface area contributed by atoms with E-state index in [0.717, 1.165) is 12.8 Å². The number of likely N-dealkylation sites (tertiary alicyclic amines) is 1. The molecule has 2 saturated heterocycles. The van der Waals surface area contributed by atoms with Crippen LogP contribution in [0.15, 0.2) is 12.4 Å². The molecule has 0 saturated carbocycles. The van der Waals surface area contributed by atoms with E-state index in [1.165, 1.54) is 6.20 Å². The second-order valence-electron chi connectivity index (χ2n) is 6.71. The molecule has 25 heavy (non-hydrogen) atoms. The van der Waals surface area contributed by atoms with Crippen LogP contribution in [0.3, 0.4) is 0 Å². The third-order valence-corrected chi connectivity index (χ3v) is 5.01. The van der Waals surface area contributed by atoms with Gasteiger partial charge in [-0.2, -0.15) is 5.26 Å². The van der Waals surface area contributed by atoms with Crippen molar-refractivity contribution in [3.63, 3.8) is 0 Å². The number of amides is 1. The molecule has 134 valence electrons. The predicted octanol–water partition coefficient (Wildman–Crippen LogP) is 2.21. The quantitative estimate of drug-likeness (QED) is 0.836. The van der Waals surface area contributed by atoms with E-state index in [-0.39, 0.29) is 37.8 Å². The van der Waals surface area contributed by atoms with Gasteiger partial charge in [0, 0.05) is 57.8 Å². The lowest BCUT2D eigenvalue weighted by molar-refractivity contribution is -0.138. The number of nitriles is 1. The Kier molecular flexibility index (Phi) is 5.11. The normalized spacial score (nSPS) is 21.0. The number of anilines is 1. The Morgan fingerprint density at radius 3 is 2.48 bits per heavy atom. The standard InChI is InChI=1S/C17H21F2N5O/c18-17(19)3-9-23(10-4-17)15(25)11-13-1-7-24(8-2-13)16-14(12-20)21-5-6-22-16/h5-6,13H,1-4,7-11H2. The minimum Gasteiger partial charge on any atom is -0.354 e. The molecule has 1 amide bonds. The molecule has 0 atom stereocenters. The number of alkyl halides is 2. The summed E-state index contributed by atoms with van der Waals surface area (Å²) in [7, 11) is 0. The van der Waals surface area contributed by atoms with Crippen molar-refractivity contribution >= 4 is 11.7 Å². The van der Waals surface area contributed by atoms with Crippen molar-refractivity contribution in [1.29, 1.82) is 5.26 Å². The van der Waals surface area contributed by atoms with Gasteiger partial charge in [-0.3, -0.25) is 4.79 Å². The van der Waals surface area contributed by atoms with Crippen molar-refractivity contribution in [1.82, 2.24) is 14.9 Å². The van der Waals surface area contributed by atoms with Gasteiger partial charge in [0.25, 0.3) is 5.92 Å². The first-order chi connectivity index (χ1) is 12.0. The molecule has 0 N–H and O–H groups in total. The third-order valence-electron chi connectivity index (χ3n) is 5.01. The van der Waals surface area contributed by atoms with E-state index in [1.54, 1.807) is 11.1 Å². The number of carbonyl (C=O) groups excluding carboxylic acids is 1. The third kappa shape index (κ3) is 4.21. The highest BCUT2D eigenvalue weighted by molar-refractivity contribution is 5.76. The first-order valence-electron chi connectivity index (χ1n) is 8.60. The number of halogens is 2. The molecular formula is C17H21F2N5O. The number of nitrogens with zero attached hydrogens (tertiary/aromatic N) is 5. The second-order valence-corrected chi connectivity index (χ2v) is 6.71. The fourth-order valence-corrected chi connectivity index (χ4v) is 3.45. The summed E-state index contributed by atoms with van der Waals surface area (Å²) in [5.74, 6) is -1.82. The summed E-state index contributed by atoms with van der Waals surface area (Å²) >= 11 is 0. The molecule has 0 unspecified atom stereocenters. The summed E-state index contributed by atoms with van der Waals surface area (Å²) in [6, 6.07) is 2.05. The van der Waals surface area contributed by atoms with Gasteiger partial charge in [-0.05, 0) is 18.8 Å². The molecule has 2 fully saturated rings. The zero-order valence-electron chi connectivity index (χ0n) is 14.0. The molecule has 0 radical (unpaired) electrons.